The second-order valence-corrected chi connectivity index (χ2v) is 5.99. The minimum absolute atomic E-state index is 1.01. The van der Waals surface area contributed by atoms with Crippen LogP contribution in [0.2, 0.25) is 0 Å². The third-order valence-corrected chi connectivity index (χ3v) is 3.80. The van der Waals surface area contributed by atoms with Crippen LogP contribution < -0.4 is 0 Å². The second kappa shape index (κ2) is 19.1. The smallest absolute Gasteiger partial charge is 0.00989 e. The van der Waals surface area contributed by atoms with Crippen molar-refractivity contribution >= 4 is 0 Å². The standard InChI is InChI=1S/C21H36/c1-3-5-7-9-11-13-15-17-19-21-20-18-16-14-12-10-8-6-4-2/h3-11,13,15,17,19-21H2,1-2H3. The topological polar surface area (TPSA) is 0 Å². The van der Waals surface area contributed by atoms with E-state index in [0.717, 1.165) is 12.8 Å². The first-order valence-electron chi connectivity index (χ1n) is 9.37. The molecule has 0 rings (SSSR count). The predicted octanol–water partition coefficient (Wildman–Crippen LogP) is 6.88. The van der Waals surface area contributed by atoms with E-state index >= 15 is 0 Å². The van der Waals surface area contributed by atoms with Gasteiger partial charge in [-0.15, -0.1) is 0 Å². The lowest BCUT2D eigenvalue weighted by Crippen LogP contribution is -1.81. The van der Waals surface area contributed by atoms with Crippen LogP contribution in [-0.2, 0) is 0 Å². The van der Waals surface area contributed by atoms with Gasteiger partial charge in [0.1, 0.15) is 0 Å². The molecule has 0 spiro atoms. The molecule has 0 aliphatic heterocycles. The van der Waals surface area contributed by atoms with E-state index < -0.39 is 0 Å². The molecule has 0 aromatic heterocycles. The van der Waals surface area contributed by atoms with E-state index in [-0.39, 0.29) is 0 Å². The summed E-state index contributed by atoms with van der Waals surface area (Å²) in [6, 6.07) is 0. The monoisotopic (exact) mass is 288 g/mol. The third-order valence-electron chi connectivity index (χ3n) is 3.80. The van der Waals surface area contributed by atoms with Crippen LogP contribution in [0.15, 0.2) is 0 Å². The highest BCUT2D eigenvalue weighted by Crippen LogP contribution is 2.10. The van der Waals surface area contributed by atoms with Gasteiger partial charge >= 0.3 is 0 Å². The summed E-state index contributed by atoms with van der Waals surface area (Å²) in [4.78, 5) is 0. The lowest BCUT2D eigenvalue weighted by atomic mass is 10.1. The first kappa shape index (κ1) is 20.1. The summed E-state index contributed by atoms with van der Waals surface area (Å²) in [6.45, 7) is 4.50. The quantitative estimate of drug-likeness (QED) is 0.256. The Labute approximate surface area is 134 Å². The van der Waals surface area contributed by atoms with Crippen LogP contribution in [0.1, 0.15) is 110 Å². The van der Waals surface area contributed by atoms with E-state index in [2.05, 4.69) is 37.5 Å². The maximum atomic E-state index is 3.18. The van der Waals surface area contributed by atoms with Crippen LogP contribution in [0.3, 0.4) is 0 Å². The van der Waals surface area contributed by atoms with Crippen molar-refractivity contribution in [3.8, 4) is 23.7 Å². The fraction of sp³-hybridized carbons (Fsp3) is 0.810. The summed E-state index contributed by atoms with van der Waals surface area (Å²) in [7, 11) is 0. The Balaban J connectivity index is 3.18. The highest BCUT2D eigenvalue weighted by atomic mass is 14.0. The first-order valence-corrected chi connectivity index (χ1v) is 9.37. The Morgan fingerprint density at radius 3 is 1.24 bits per heavy atom. The maximum Gasteiger partial charge on any atom is 0.00989 e. The molecule has 120 valence electrons. The van der Waals surface area contributed by atoms with Crippen LogP contribution in [0.4, 0.5) is 0 Å². The van der Waals surface area contributed by atoms with Crippen LogP contribution in [-0.4, -0.2) is 0 Å². The Bertz CT molecular complexity index is 304. The second-order valence-electron chi connectivity index (χ2n) is 5.99. The molecule has 0 nitrogen and oxygen atoms in total. The highest BCUT2D eigenvalue weighted by Gasteiger charge is 1.91. The molecule has 0 bridgehead atoms. The van der Waals surface area contributed by atoms with Gasteiger partial charge in [0.05, 0.1) is 0 Å². The van der Waals surface area contributed by atoms with Crippen molar-refractivity contribution in [3.05, 3.63) is 0 Å². The van der Waals surface area contributed by atoms with Gasteiger partial charge in [0, 0.05) is 12.8 Å². The first-order chi connectivity index (χ1) is 10.4. The lowest BCUT2D eigenvalue weighted by molar-refractivity contribution is 0.558. The minimum atomic E-state index is 1.01. The number of hydrogen-bond acceptors (Lipinski definition) is 0. The van der Waals surface area contributed by atoms with Gasteiger partial charge in [-0.25, -0.2) is 0 Å². The fourth-order valence-electron chi connectivity index (χ4n) is 2.38. The van der Waals surface area contributed by atoms with Crippen molar-refractivity contribution in [3.63, 3.8) is 0 Å². The molecule has 0 heteroatoms. The minimum Gasteiger partial charge on any atom is -0.0891 e. The molecule has 0 radical (unpaired) electrons. The molecular formula is C21H36. The largest absolute Gasteiger partial charge is 0.0891 e. The average Bonchev–Trinajstić information content (AvgIpc) is 2.50. The van der Waals surface area contributed by atoms with Gasteiger partial charge in [-0.1, -0.05) is 96.3 Å². The molecule has 0 aliphatic rings. The molecule has 0 saturated carbocycles. The van der Waals surface area contributed by atoms with Crippen LogP contribution in [0.25, 0.3) is 0 Å². The Morgan fingerprint density at radius 2 is 0.762 bits per heavy atom. The summed E-state index contributed by atoms with van der Waals surface area (Å²) in [6.07, 6.45) is 19.7. The van der Waals surface area contributed by atoms with Crippen molar-refractivity contribution in [2.24, 2.45) is 0 Å². The van der Waals surface area contributed by atoms with Crippen LogP contribution >= 0.6 is 0 Å². The molecule has 21 heavy (non-hydrogen) atoms. The van der Waals surface area contributed by atoms with E-state index in [9.17, 15) is 0 Å². The number of rotatable bonds is 13. The zero-order chi connectivity index (χ0) is 15.4. The summed E-state index contributed by atoms with van der Waals surface area (Å²) in [5.41, 5.74) is 0. The summed E-state index contributed by atoms with van der Waals surface area (Å²) < 4.78 is 0. The number of unbranched alkanes of at least 4 members (excludes halogenated alkanes) is 13. The molecule has 0 amide bonds. The Hall–Kier alpha value is -0.880. The SMILES string of the molecule is CCCCCC#CC#CCCCCCCCCCCCC. The van der Waals surface area contributed by atoms with Gasteiger partial charge in [0.2, 0.25) is 0 Å². The molecule has 0 aliphatic carbocycles. The lowest BCUT2D eigenvalue weighted by Gasteiger charge is -2.00. The summed E-state index contributed by atoms with van der Waals surface area (Å²) in [5, 5.41) is 0. The Morgan fingerprint density at radius 1 is 0.429 bits per heavy atom. The molecule has 0 N–H and O–H groups in total. The molecule has 0 aromatic rings. The molecule has 0 aromatic carbocycles. The maximum absolute atomic E-state index is 3.18. The Kier molecular flexibility index (Phi) is 18.3. The van der Waals surface area contributed by atoms with E-state index in [0.29, 0.717) is 0 Å². The van der Waals surface area contributed by atoms with Crippen molar-refractivity contribution in [1.82, 2.24) is 0 Å². The predicted molar refractivity (Wildman–Crippen MR) is 96.2 cm³/mol. The third kappa shape index (κ3) is 19.1. The fourth-order valence-corrected chi connectivity index (χ4v) is 2.38. The summed E-state index contributed by atoms with van der Waals surface area (Å²) >= 11 is 0. The highest BCUT2D eigenvalue weighted by molar-refractivity contribution is 5.25. The molecule has 0 atom stereocenters. The zero-order valence-electron chi connectivity index (χ0n) is 14.6. The van der Waals surface area contributed by atoms with Crippen molar-refractivity contribution < 1.29 is 0 Å². The molecule has 0 heterocycles. The average molecular weight is 289 g/mol. The van der Waals surface area contributed by atoms with Gasteiger partial charge in [0.25, 0.3) is 0 Å². The van der Waals surface area contributed by atoms with Gasteiger partial charge in [-0.3, -0.25) is 0 Å². The normalized spacial score (nSPS) is 9.62. The van der Waals surface area contributed by atoms with Crippen LogP contribution in [0, 0.1) is 23.7 Å². The van der Waals surface area contributed by atoms with Crippen molar-refractivity contribution in [2.45, 2.75) is 110 Å². The van der Waals surface area contributed by atoms with Gasteiger partial charge in [-0.05, 0) is 24.7 Å². The van der Waals surface area contributed by atoms with Gasteiger partial charge in [-0.2, -0.15) is 0 Å². The molecule has 0 unspecified atom stereocenters. The van der Waals surface area contributed by atoms with E-state index in [4.69, 9.17) is 0 Å². The van der Waals surface area contributed by atoms with E-state index in [1.807, 2.05) is 0 Å². The molecular weight excluding hydrogens is 252 g/mol. The van der Waals surface area contributed by atoms with E-state index in [1.165, 1.54) is 83.5 Å². The molecule has 0 saturated heterocycles. The van der Waals surface area contributed by atoms with Crippen molar-refractivity contribution in [2.75, 3.05) is 0 Å². The number of hydrogen-bond donors (Lipinski definition) is 0. The van der Waals surface area contributed by atoms with E-state index in [1.54, 1.807) is 0 Å². The zero-order valence-corrected chi connectivity index (χ0v) is 14.6. The van der Waals surface area contributed by atoms with Crippen LogP contribution in [0.5, 0.6) is 0 Å². The van der Waals surface area contributed by atoms with Crippen molar-refractivity contribution in [1.29, 1.82) is 0 Å². The van der Waals surface area contributed by atoms with Gasteiger partial charge < -0.3 is 0 Å². The summed E-state index contributed by atoms with van der Waals surface area (Å²) in [5.74, 6) is 12.3. The van der Waals surface area contributed by atoms with Gasteiger partial charge in [0.15, 0.2) is 0 Å². The molecule has 0 fully saturated rings.